The van der Waals surface area contributed by atoms with Crippen molar-refractivity contribution in [1.82, 2.24) is 4.98 Å². The maximum atomic E-state index is 13.6. The van der Waals surface area contributed by atoms with Gasteiger partial charge >= 0.3 is 0 Å². The van der Waals surface area contributed by atoms with Crippen LogP contribution in [0.4, 0.5) is 14.6 Å². The lowest BCUT2D eigenvalue weighted by molar-refractivity contribution is 0.556. The van der Waals surface area contributed by atoms with Crippen molar-refractivity contribution < 1.29 is 8.78 Å². The van der Waals surface area contributed by atoms with Crippen LogP contribution in [0.1, 0.15) is 23.6 Å². The number of nitriles is 1. The quantitative estimate of drug-likeness (QED) is 0.932. The first-order chi connectivity index (χ1) is 9.69. The molecule has 1 aliphatic carbocycles. The number of benzene rings is 1. The number of anilines is 1. The fraction of sp³-hybridized carbons (Fsp3) is 0.200. The van der Waals surface area contributed by atoms with Gasteiger partial charge in [-0.3, -0.25) is 0 Å². The van der Waals surface area contributed by atoms with Crippen LogP contribution < -0.4 is 5.32 Å². The number of pyridine rings is 1. The number of hydrogen-bond acceptors (Lipinski definition) is 3. The Balaban J connectivity index is 1.75. The number of hydrogen-bond donors (Lipinski definition) is 1. The molecule has 0 aliphatic heterocycles. The highest BCUT2D eigenvalue weighted by Crippen LogP contribution is 2.44. The zero-order valence-corrected chi connectivity index (χ0v) is 10.5. The molecule has 1 aromatic heterocycles. The van der Waals surface area contributed by atoms with Crippen LogP contribution in [0.3, 0.4) is 0 Å². The van der Waals surface area contributed by atoms with E-state index >= 15 is 0 Å². The Labute approximate surface area is 114 Å². The molecule has 5 heteroatoms. The van der Waals surface area contributed by atoms with E-state index in [9.17, 15) is 8.78 Å². The lowest BCUT2D eigenvalue weighted by atomic mass is 10.1. The van der Waals surface area contributed by atoms with Gasteiger partial charge in [0, 0.05) is 17.5 Å². The van der Waals surface area contributed by atoms with Gasteiger partial charge in [-0.2, -0.15) is 5.26 Å². The summed E-state index contributed by atoms with van der Waals surface area (Å²) >= 11 is 0. The third-order valence-electron chi connectivity index (χ3n) is 3.36. The summed E-state index contributed by atoms with van der Waals surface area (Å²) in [5.74, 6) is -0.673. The second kappa shape index (κ2) is 4.89. The molecule has 0 amide bonds. The smallest absolute Gasteiger partial charge is 0.142 e. The molecule has 1 saturated carbocycles. The monoisotopic (exact) mass is 271 g/mol. The highest BCUT2D eigenvalue weighted by Gasteiger charge is 2.42. The maximum Gasteiger partial charge on any atom is 0.142 e. The molecule has 100 valence electrons. The standard InChI is InChI=1S/C15H11F2N3/c16-11-4-2-5-12(17)15(11)10-7-13(10)20-14-6-1-3-9(8-18)19-14/h1-6,10,13H,7H2,(H,19,20). The van der Waals surface area contributed by atoms with Gasteiger partial charge in [-0.25, -0.2) is 13.8 Å². The molecule has 1 heterocycles. The average molecular weight is 271 g/mol. The van der Waals surface area contributed by atoms with Crippen molar-refractivity contribution in [3.63, 3.8) is 0 Å². The van der Waals surface area contributed by atoms with Crippen molar-refractivity contribution in [2.75, 3.05) is 5.32 Å². The molecule has 0 saturated heterocycles. The summed E-state index contributed by atoms with van der Waals surface area (Å²) in [5, 5.41) is 11.9. The van der Waals surface area contributed by atoms with Crippen molar-refractivity contribution in [2.24, 2.45) is 0 Å². The second-order valence-electron chi connectivity index (χ2n) is 4.75. The van der Waals surface area contributed by atoms with Crippen molar-refractivity contribution in [3.8, 4) is 6.07 Å². The molecule has 2 atom stereocenters. The Hall–Kier alpha value is -2.48. The first-order valence-corrected chi connectivity index (χ1v) is 6.26. The lowest BCUT2D eigenvalue weighted by Crippen LogP contribution is -2.07. The van der Waals surface area contributed by atoms with Gasteiger partial charge in [-0.1, -0.05) is 12.1 Å². The Morgan fingerprint density at radius 3 is 2.55 bits per heavy atom. The molecular weight excluding hydrogens is 260 g/mol. The summed E-state index contributed by atoms with van der Waals surface area (Å²) in [5.41, 5.74) is 0.436. The van der Waals surface area contributed by atoms with Crippen molar-refractivity contribution in [1.29, 1.82) is 5.26 Å². The van der Waals surface area contributed by atoms with E-state index in [2.05, 4.69) is 10.3 Å². The summed E-state index contributed by atoms with van der Waals surface area (Å²) < 4.78 is 27.3. The zero-order chi connectivity index (χ0) is 14.1. The summed E-state index contributed by atoms with van der Waals surface area (Å²) in [6.07, 6.45) is 0.649. The lowest BCUT2D eigenvalue weighted by Gasteiger charge is -2.06. The molecule has 0 bridgehead atoms. The van der Waals surface area contributed by atoms with Crippen molar-refractivity contribution >= 4 is 5.82 Å². The number of aromatic nitrogens is 1. The minimum Gasteiger partial charge on any atom is -0.367 e. The SMILES string of the molecule is N#Cc1cccc(NC2CC2c2c(F)cccc2F)n1. The van der Waals surface area contributed by atoms with E-state index in [0.29, 0.717) is 17.9 Å². The minimum atomic E-state index is -0.516. The summed E-state index contributed by atoms with van der Waals surface area (Å²) in [6, 6.07) is 10.8. The summed E-state index contributed by atoms with van der Waals surface area (Å²) in [6.45, 7) is 0. The second-order valence-corrected chi connectivity index (χ2v) is 4.75. The topological polar surface area (TPSA) is 48.7 Å². The third-order valence-corrected chi connectivity index (χ3v) is 3.36. The molecule has 3 rings (SSSR count). The third kappa shape index (κ3) is 2.32. The fourth-order valence-electron chi connectivity index (χ4n) is 2.31. The Bertz CT molecular complexity index is 674. The molecule has 3 nitrogen and oxygen atoms in total. The molecule has 20 heavy (non-hydrogen) atoms. The maximum absolute atomic E-state index is 13.6. The normalized spacial score (nSPS) is 20.2. The molecule has 0 spiro atoms. The Kier molecular flexibility index (Phi) is 3.07. The number of nitrogens with zero attached hydrogens (tertiary/aromatic N) is 2. The Morgan fingerprint density at radius 2 is 1.85 bits per heavy atom. The van der Waals surface area contributed by atoms with Crippen LogP contribution in [0.5, 0.6) is 0 Å². The highest BCUT2D eigenvalue weighted by molar-refractivity contribution is 5.44. The van der Waals surface area contributed by atoms with E-state index in [4.69, 9.17) is 5.26 Å². The molecule has 1 fully saturated rings. The van der Waals surface area contributed by atoms with Gasteiger partial charge in [-0.15, -0.1) is 0 Å². The molecule has 1 aliphatic rings. The van der Waals surface area contributed by atoms with Crippen LogP contribution in [-0.4, -0.2) is 11.0 Å². The van der Waals surface area contributed by atoms with Gasteiger partial charge in [0.2, 0.25) is 0 Å². The summed E-state index contributed by atoms with van der Waals surface area (Å²) in [4.78, 5) is 4.08. The van der Waals surface area contributed by atoms with Gasteiger partial charge in [-0.05, 0) is 30.7 Å². The van der Waals surface area contributed by atoms with Crippen molar-refractivity contribution in [2.45, 2.75) is 18.4 Å². The molecule has 2 unspecified atom stereocenters. The molecule has 1 aromatic carbocycles. The predicted molar refractivity (Wildman–Crippen MR) is 70.1 cm³/mol. The van der Waals surface area contributed by atoms with E-state index in [1.807, 2.05) is 6.07 Å². The first kappa shape index (κ1) is 12.5. The Morgan fingerprint density at radius 1 is 1.15 bits per heavy atom. The van der Waals surface area contributed by atoms with E-state index < -0.39 is 11.6 Å². The fourth-order valence-corrected chi connectivity index (χ4v) is 2.31. The highest BCUT2D eigenvalue weighted by atomic mass is 19.1. The average Bonchev–Trinajstić information content (AvgIpc) is 3.17. The van der Waals surface area contributed by atoms with E-state index in [-0.39, 0.29) is 17.5 Å². The van der Waals surface area contributed by atoms with Gasteiger partial charge in [0.15, 0.2) is 0 Å². The van der Waals surface area contributed by atoms with Crippen LogP contribution in [-0.2, 0) is 0 Å². The minimum absolute atomic E-state index is 0.0529. The van der Waals surface area contributed by atoms with Crippen LogP contribution in [0.15, 0.2) is 36.4 Å². The largest absolute Gasteiger partial charge is 0.367 e. The van der Waals surface area contributed by atoms with Crippen LogP contribution in [0.25, 0.3) is 0 Å². The zero-order valence-electron chi connectivity index (χ0n) is 10.5. The van der Waals surface area contributed by atoms with Crippen molar-refractivity contribution in [3.05, 3.63) is 59.3 Å². The molecule has 0 radical (unpaired) electrons. The van der Waals surface area contributed by atoms with Gasteiger partial charge in [0.1, 0.15) is 29.2 Å². The predicted octanol–water partition coefficient (Wildman–Crippen LogP) is 3.20. The summed E-state index contributed by atoms with van der Waals surface area (Å²) in [7, 11) is 0. The van der Waals surface area contributed by atoms with E-state index in [0.717, 1.165) is 0 Å². The van der Waals surface area contributed by atoms with Crippen LogP contribution >= 0.6 is 0 Å². The van der Waals surface area contributed by atoms with E-state index in [1.54, 1.807) is 18.2 Å². The van der Waals surface area contributed by atoms with Crippen LogP contribution in [0.2, 0.25) is 0 Å². The van der Waals surface area contributed by atoms with Crippen LogP contribution in [0, 0.1) is 23.0 Å². The first-order valence-electron chi connectivity index (χ1n) is 6.26. The van der Waals surface area contributed by atoms with Gasteiger partial charge in [0.25, 0.3) is 0 Å². The number of nitrogens with one attached hydrogen (secondary N) is 1. The van der Waals surface area contributed by atoms with Gasteiger partial charge < -0.3 is 5.32 Å². The van der Waals surface area contributed by atoms with Gasteiger partial charge in [0.05, 0.1) is 0 Å². The molecular formula is C15H11F2N3. The molecule has 1 N–H and O–H groups in total. The number of halogens is 2. The van der Waals surface area contributed by atoms with E-state index in [1.165, 1.54) is 18.2 Å². The number of rotatable bonds is 3. The molecule has 2 aromatic rings.